The van der Waals surface area contributed by atoms with Crippen molar-refractivity contribution in [1.29, 1.82) is 0 Å². The zero-order chi connectivity index (χ0) is 19.0. The Morgan fingerprint density at radius 2 is 2.11 bits per heavy atom. The van der Waals surface area contributed by atoms with Crippen LogP contribution in [0.25, 0.3) is 22.0 Å². The first kappa shape index (κ1) is 17.2. The first-order valence-electron chi connectivity index (χ1n) is 8.11. The van der Waals surface area contributed by atoms with Crippen molar-refractivity contribution >= 4 is 45.4 Å². The lowest BCUT2D eigenvalue weighted by Gasteiger charge is -2.08. The minimum absolute atomic E-state index is 0.187. The Bertz CT molecular complexity index is 1230. The summed E-state index contributed by atoms with van der Waals surface area (Å²) >= 11 is 1.50. The number of amides is 1. The van der Waals surface area contributed by atoms with E-state index in [1.54, 1.807) is 23.0 Å². The van der Waals surface area contributed by atoms with Crippen molar-refractivity contribution in [2.45, 2.75) is 17.7 Å². The normalized spacial score (nSPS) is 11.2. The first-order chi connectivity index (χ1) is 13.0. The molecule has 0 aliphatic rings. The third kappa shape index (κ3) is 3.41. The Labute approximate surface area is 157 Å². The van der Waals surface area contributed by atoms with Crippen LogP contribution in [0.4, 0.5) is 5.69 Å². The quantitative estimate of drug-likeness (QED) is 0.329. The topological polar surface area (TPSA) is 103 Å². The standard InChI is InChI=1S/C18H15N5O3S/c1-10(24)22-12-3-4-13-11(5-16(25)26-15(13)6-12)8-27-18-14-7-21-23(2)17(14)19-9-20-18/h3-7,9H,8H2,1-2H3,(H,22,24). The van der Waals surface area contributed by atoms with E-state index in [-0.39, 0.29) is 5.91 Å². The molecule has 0 aliphatic carbocycles. The molecule has 0 aliphatic heterocycles. The minimum Gasteiger partial charge on any atom is -0.423 e. The van der Waals surface area contributed by atoms with Crippen LogP contribution in [-0.4, -0.2) is 25.7 Å². The first-order valence-corrected chi connectivity index (χ1v) is 9.10. The Kier molecular flexibility index (Phi) is 4.36. The molecule has 0 bridgehead atoms. The van der Waals surface area contributed by atoms with Crippen LogP contribution in [0.2, 0.25) is 0 Å². The summed E-state index contributed by atoms with van der Waals surface area (Å²) in [4.78, 5) is 31.8. The molecule has 0 spiro atoms. The van der Waals surface area contributed by atoms with Crippen LogP contribution >= 0.6 is 11.8 Å². The van der Waals surface area contributed by atoms with Gasteiger partial charge in [-0.2, -0.15) is 5.10 Å². The molecule has 4 aromatic rings. The van der Waals surface area contributed by atoms with E-state index in [2.05, 4.69) is 20.4 Å². The van der Waals surface area contributed by atoms with Crippen molar-refractivity contribution in [1.82, 2.24) is 19.7 Å². The summed E-state index contributed by atoms with van der Waals surface area (Å²) in [6, 6.07) is 6.74. The molecule has 0 fully saturated rings. The van der Waals surface area contributed by atoms with Crippen molar-refractivity contribution in [2.24, 2.45) is 7.05 Å². The molecule has 8 nitrogen and oxygen atoms in total. The molecule has 136 valence electrons. The van der Waals surface area contributed by atoms with Gasteiger partial charge < -0.3 is 9.73 Å². The Morgan fingerprint density at radius 1 is 1.26 bits per heavy atom. The van der Waals surface area contributed by atoms with E-state index in [0.717, 1.165) is 27.0 Å². The van der Waals surface area contributed by atoms with E-state index < -0.39 is 5.63 Å². The number of carbonyl (C=O) groups excluding carboxylic acids is 1. The van der Waals surface area contributed by atoms with Crippen LogP contribution in [0.3, 0.4) is 0 Å². The Hall–Kier alpha value is -3.20. The van der Waals surface area contributed by atoms with E-state index in [0.29, 0.717) is 17.0 Å². The summed E-state index contributed by atoms with van der Waals surface area (Å²) in [6.07, 6.45) is 3.23. The van der Waals surface area contributed by atoms with Crippen molar-refractivity contribution in [3.8, 4) is 0 Å². The average molecular weight is 381 g/mol. The number of aryl methyl sites for hydroxylation is 1. The van der Waals surface area contributed by atoms with Gasteiger partial charge in [-0.3, -0.25) is 9.48 Å². The highest BCUT2D eigenvalue weighted by atomic mass is 32.2. The third-order valence-electron chi connectivity index (χ3n) is 4.01. The lowest BCUT2D eigenvalue weighted by molar-refractivity contribution is -0.114. The number of nitrogens with one attached hydrogen (secondary N) is 1. The summed E-state index contributed by atoms with van der Waals surface area (Å²) in [5.41, 5.74) is 2.16. The van der Waals surface area contributed by atoms with Crippen LogP contribution < -0.4 is 10.9 Å². The van der Waals surface area contributed by atoms with Crippen LogP contribution in [0.5, 0.6) is 0 Å². The van der Waals surface area contributed by atoms with Gasteiger partial charge in [0.1, 0.15) is 16.9 Å². The zero-order valence-corrected chi connectivity index (χ0v) is 15.4. The molecule has 0 saturated carbocycles. The number of thioether (sulfide) groups is 1. The van der Waals surface area contributed by atoms with Crippen molar-refractivity contribution in [3.05, 3.63) is 52.8 Å². The van der Waals surface area contributed by atoms with E-state index in [1.165, 1.54) is 31.1 Å². The van der Waals surface area contributed by atoms with Crippen LogP contribution in [0.15, 0.2) is 51.0 Å². The minimum atomic E-state index is -0.438. The number of carbonyl (C=O) groups is 1. The van der Waals surface area contributed by atoms with Crippen LogP contribution in [-0.2, 0) is 17.6 Å². The maximum atomic E-state index is 12.0. The molecular formula is C18H15N5O3S. The predicted octanol–water partition coefficient (Wildman–Crippen LogP) is 2.72. The summed E-state index contributed by atoms with van der Waals surface area (Å²) < 4.78 is 6.99. The fraction of sp³-hybridized carbons (Fsp3) is 0.167. The van der Waals surface area contributed by atoms with Gasteiger partial charge in [-0.25, -0.2) is 14.8 Å². The largest absolute Gasteiger partial charge is 0.423 e. The highest BCUT2D eigenvalue weighted by molar-refractivity contribution is 7.98. The summed E-state index contributed by atoms with van der Waals surface area (Å²) in [5, 5.41) is 9.37. The molecule has 0 saturated heterocycles. The molecule has 1 amide bonds. The van der Waals surface area contributed by atoms with Crippen LogP contribution in [0.1, 0.15) is 12.5 Å². The Balaban J connectivity index is 1.69. The molecule has 3 heterocycles. The van der Waals surface area contributed by atoms with E-state index >= 15 is 0 Å². The molecule has 4 rings (SSSR count). The smallest absolute Gasteiger partial charge is 0.336 e. The molecule has 0 atom stereocenters. The summed E-state index contributed by atoms with van der Waals surface area (Å²) in [7, 11) is 1.83. The second kappa shape index (κ2) is 6.84. The fourth-order valence-corrected chi connectivity index (χ4v) is 3.78. The second-order valence-corrected chi connectivity index (χ2v) is 6.92. The molecule has 0 unspecified atom stereocenters. The molecule has 0 radical (unpaired) electrons. The number of benzene rings is 1. The average Bonchev–Trinajstić information content (AvgIpc) is 3.00. The highest BCUT2D eigenvalue weighted by Gasteiger charge is 2.12. The maximum Gasteiger partial charge on any atom is 0.336 e. The van der Waals surface area contributed by atoms with E-state index in [4.69, 9.17) is 4.42 Å². The van der Waals surface area contributed by atoms with Crippen molar-refractivity contribution in [2.75, 3.05) is 5.32 Å². The van der Waals surface area contributed by atoms with Crippen molar-refractivity contribution < 1.29 is 9.21 Å². The van der Waals surface area contributed by atoms with Gasteiger partial charge in [0.2, 0.25) is 5.91 Å². The number of hydrogen-bond acceptors (Lipinski definition) is 7. The molecular weight excluding hydrogens is 366 g/mol. The van der Waals surface area contributed by atoms with E-state index in [1.807, 2.05) is 13.1 Å². The van der Waals surface area contributed by atoms with Gasteiger partial charge in [-0.15, -0.1) is 11.8 Å². The molecule has 1 aromatic carbocycles. The van der Waals surface area contributed by atoms with Gasteiger partial charge in [0.05, 0.1) is 11.6 Å². The van der Waals surface area contributed by atoms with E-state index in [9.17, 15) is 9.59 Å². The lowest BCUT2D eigenvalue weighted by atomic mass is 10.1. The third-order valence-corrected chi connectivity index (χ3v) is 5.06. The van der Waals surface area contributed by atoms with Crippen LogP contribution in [0, 0.1) is 0 Å². The molecule has 1 N–H and O–H groups in total. The number of hydrogen-bond donors (Lipinski definition) is 1. The zero-order valence-electron chi connectivity index (χ0n) is 14.6. The fourth-order valence-electron chi connectivity index (χ4n) is 2.83. The number of fused-ring (bicyclic) bond motifs is 2. The summed E-state index contributed by atoms with van der Waals surface area (Å²) in [5.74, 6) is 0.343. The SMILES string of the molecule is CC(=O)Nc1ccc2c(CSc3ncnc4c3cnn4C)cc(=O)oc2c1. The number of nitrogens with zero attached hydrogens (tertiary/aromatic N) is 4. The second-order valence-electron chi connectivity index (χ2n) is 5.96. The number of aromatic nitrogens is 4. The van der Waals surface area contributed by atoms with Gasteiger partial charge in [0.25, 0.3) is 0 Å². The molecule has 9 heteroatoms. The lowest BCUT2D eigenvalue weighted by Crippen LogP contribution is -2.06. The predicted molar refractivity (Wildman–Crippen MR) is 103 cm³/mol. The van der Waals surface area contributed by atoms with Gasteiger partial charge in [0, 0.05) is 42.9 Å². The van der Waals surface area contributed by atoms with Gasteiger partial charge >= 0.3 is 5.63 Å². The Morgan fingerprint density at radius 3 is 2.93 bits per heavy atom. The van der Waals surface area contributed by atoms with Gasteiger partial charge in [-0.05, 0) is 17.7 Å². The van der Waals surface area contributed by atoms with Gasteiger partial charge in [0.15, 0.2) is 5.65 Å². The number of rotatable bonds is 4. The summed E-state index contributed by atoms with van der Waals surface area (Å²) in [6.45, 7) is 1.42. The maximum absolute atomic E-state index is 12.0. The number of anilines is 1. The molecule has 3 aromatic heterocycles. The van der Waals surface area contributed by atoms with Crippen molar-refractivity contribution in [3.63, 3.8) is 0 Å². The monoisotopic (exact) mass is 381 g/mol. The molecule has 27 heavy (non-hydrogen) atoms. The highest BCUT2D eigenvalue weighted by Crippen LogP contribution is 2.30. The van der Waals surface area contributed by atoms with Gasteiger partial charge in [-0.1, -0.05) is 0 Å².